The molecule has 2 heteroatoms. The number of nitrogens with one attached hydrogen (secondary N) is 1. The fourth-order valence-electron chi connectivity index (χ4n) is 3.18. The minimum absolute atomic E-state index is 0.694. The molecule has 19 heavy (non-hydrogen) atoms. The summed E-state index contributed by atoms with van der Waals surface area (Å²) in [5.74, 6) is 1.10. The first-order chi connectivity index (χ1) is 9.13. The molecule has 1 aromatic carbocycles. The van der Waals surface area contributed by atoms with Gasteiger partial charge in [-0.2, -0.15) is 0 Å². The number of piperidine rings is 1. The van der Waals surface area contributed by atoms with Crippen LogP contribution in [0, 0.1) is 20.8 Å². The van der Waals surface area contributed by atoms with Crippen molar-refractivity contribution in [2.45, 2.75) is 58.9 Å². The Bertz CT molecular complexity index is 433. The molecule has 106 valence electrons. The highest BCUT2D eigenvalue weighted by molar-refractivity contribution is 5.49. The van der Waals surface area contributed by atoms with Crippen LogP contribution in [0.1, 0.15) is 47.9 Å². The minimum Gasteiger partial charge on any atom is -0.496 e. The maximum Gasteiger partial charge on any atom is 0.125 e. The Labute approximate surface area is 117 Å². The van der Waals surface area contributed by atoms with E-state index in [1.807, 2.05) is 0 Å². The molecular weight excluding hydrogens is 234 g/mol. The van der Waals surface area contributed by atoms with Crippen molar-refractivity contribution in [1.82, 2.24) is 5.32 Å². The van der Waals surface area contributed by atoms with E-state index in [2.05, 4.69) is 32.2 Å². The highest BCUT2D eigenvalue weighted by Crippen LogP contribution is 2.31. The van der Waals surface area contributed by atoms with Crippen LogP contribution < -0.4 is 10.1 Å². The standard InChI is InChI=1S/C17H27NO/c1-12-11-13(2)16(17(19-4)14(12)3)9-8-15-7-5-6-10-18-15/h11,15,18H,5-10H2,1-4H3. The molecule has 1 aromatic rings. The van der Waals surface area contributed by atoms with Gasteiger partial charge in [-0.1, -0.05) is 12.5 Å². The van der Waals surface area contributed by atoms with Crippen molar-refractivity contribution in [2.75, 3.05) is 13.7 Å². The first-order valence-electron chi connectivity index (χ1n) is 7.50. The second-order valence-corrected chi connectivity index (χ2v) is 5.83. The van der Waals surface area contributed by atoms with Crippen molar-refractivity contribution in [3.8, 4) is 5.75 Å². The van der Waals surface area contributed by atoms with Crippen LogP contribution in [0.15, 0.2) is 6.07 Å². The molecule has 0 radical (unpaired) electrons. The van der Waals surface area contributed by atoms with Gasteiger partial charge in [-0.25, -0.2) is 0 Å². The SMILES string of the molecule is COc1c(C)c(C)cc(C)c1CCC1CCCCN1. The molecule has 0 saturated carbocycles. The van der Waals surface area contributed by atoms with Gasteiger partial charge < -0.3 is 10.1 Å². The summed E-state index contributed by atoms with van der Waals surface area (Å²) in [6.45, 7) is 7.72. The molecule has 1 atom stereocenters. The van der Waals surface area contributed by atoms with Gasteiger partial charge in [0.2, 0.25) is 0 Å². The number of hydrogen-bond donors (Lipinski definition) is 1. The first kappa shape index (κ1) is 14.4. The fourth-order valence-corrected chi connectivity index (χ4v) is 3.18. The predicted molar refractivity (Wildman–Crippen MR) is 81.2 cm³/mol. The van der Waals surface area contributed by atoms with E-state index < -0.39 is 0 Å². The monoisotopic (exact) mass is 261 g/mol. The summed E-state index contributed by atoms with van der Waals surface area (Å²) in [5, 5.41) is 3.63. The summed E-state index contributed by atoms with van der Waals surface area (Å²) in [4.78, 5) is 0. The Hall–Kier alpha value is -1.02. The van der Waals surface area contributed by atoms with Crippen LogP contribution in [-0.4, -0.2) is 19.7 Å². The van der Waals surface area contributed by atoms with Crippen LogP contribution in [0.3, 0.4) is 0 Å². The second-order valence-electron chi connectivity index (χ2n) is 5.83. The van der Waals surface area contributed by atoms with E-state index in [9.17, 15) is 0 Å². The fraction of sp³-hybridized carbons (Fsp3) is 0.647. The number of hydrogen-bond acceptors (Lipinski definition) is 2. The molecule has 1 saturated heterocycles. The summed E-state index contributed by atoms with van der Waals surface area (Å²) in [6, 6.07) is 2.99. The van der Waals surface area contributed by atoms with Crippen LogP contribution in [0.25, 0.3) is 0 Å². The molecule has 1 heterocycles. The molecule has 1 N–H and O–H groups in total. The van der Waals surface area contributed by atoms with Crippen LogP contribution in [0.5, 0.6) is 5.75 Å². The van der Waals surface area contributed by atoms with E-state index in [-0.39, 0.29) is 0 Å². The van der Waals surface area contributed by atoms with Gasteiger partial charge in [0.1, 0.15) is 5.75 Å². The third-order valence-corrected chi connectivity index (χ3v) is 4.47. The smallest absolute Gasteiger partial charge is 0.125 e. The normalized spacial score (nSPS) is 19.5. The van der Waals surface area contributed by atoms with Crippen molar-refractivity contribution >= 4 is 0 Å². The summed E-state index contributed by atoms with van der Waals surface area (Å²) in [5.41, 5.74) is 5.39. The maximum absolute atomic E-state index is 5.66. The lowest BCUT2D eigenvalue weighted by Gasteiger charge is -2.24. The van der Waals surface area contributed by atoms with Crippen molar-refractivity contribution in [2.24, 2.45) is 0 Å². The van der Waals surface area contributed by atoms with E-state index in [4.69, 9.17) is 4.74 Å². The number of benzene rings is 1. The Morgan fingerprint density at radius 1 is 1.21 bits per heavy atom. The van der Waals surface area contributed by atoms with E-state index in [1.165, 1.54) is 54.5 Å². The molecule has 0 spiro atoms. The minimum atomic E-state index is 0.694. The van der Waals surface area contributed by atoms with E-state index in [0.717, 1.165) is 12.2 Å². The zero-order valence-corrected chi connectivity index (χ0v) is 12.8. The quantitative estimate of drug-likeness (QED) is 0.892. The number of rotatable bonds is 4. The highest BCUT2D eigenvalue weighted by atomic mass is 16.5. The Morgan fingerprint density at radius 3 is 2.63 bits per heavy atom. The molecule has 1 unspecified atom stereocenters. The number of methoxy groups -OCH3 is 1. The maximum atomic E-state index is 5.66. The summed E-state index contributed by atoms with van der Waals surface area (Å²) >= 11 is 0. The molecule has 2 rings (SSSR count). The van der Waals surface area contributed by atoms with E-state index >= 15 is 0 Å². The van der Waals surface area contributed by atoms with Crippen molar-refractivity contribution in [3.63, 3.8) is 0 Å². The molecule has 1 aliphatic heterocycles. The van der Waals surface area contributed by atoms with Gasteiger partial charge in [0.05, 0.1) is 7.11 Å². The lowest BCUT2D eigenvalue weighted by atomic mass is 9.92. The predicted octanol–water partition coefficient (Wildman–Crippen LogP) is 3.70. The molecule has 0 aromatic heterocycles. The Morgan fingerprint density at radius 2 is 2.00 bits per heavy atom. The first-order valence-corrected chi connectivity index (χ1v) is 7.50. The van der Waals surface area contributed by atoms with Gasteiger partial charge in [-0.3, -0.25) is 0 Å². The molecule has 0 amide bonds. The lowest BCUT2D eigenvalue weighted by Crippen LogP contribution is -2.34. The highest BCUT2D eigenvalue weighted by Gasteiger charge is 2.16. The third-order valence-electron chi connectivity index (χ3n) is 4.47. The average Bonchev–Trinajstić information content (AvgIpc) is 2.42. The molecule has 1 fully saturated rings. The van der Waals surface area contributed by atoms with E-state index in [0.29, 0.717) is 6.04 Å². The van der Waals surface area contributed by atoms with Gasteiger partial charge in [-0.05, 0) is 75.3 Å². The third kappa shape index (κ3) is 3.30. The van der Waals surface area contributed by atoms with Gasteiger partial charge in [0.25, 0.3) is 0 Å². The molecule has 0 bridgehead atoms. The van der Waals surface area contributed by atoms with Crippen LogP contribution in [0.2, 0.25) is 0 Å². The van der Waals surface area contributed by atoms with Gasteiger partial charge in [0, 0.05) is 6.04 Å². The number of ether oxygens (including phenoxy) is 1. The largest absolute Gasteiger partial charge is 0.496 e. The van der Waals surface area contributed by atoms with Gasteiger partial charge >= 0.3 is 0 Å². The summed E-state index contributed by atoms with van der Waals surface area (Å²) in [7, 11) is 1.80. The Balaban J connectivity index is 2.12. The second kappa shape index (κ2) is 6.42. The van der Waals surface area contributed by atoms with Crippen LogP contribution in [0.4, 0.5) is 0 Å². The molecule has 2 nitrogen and oxygen atoms in total. The van der Waals surface area contributed by atoms with Crippen molar-refractivity contribution < 1.29 is 4.74 Å². The zero-order valence-electron chi connectivity index (χ0n) is 12.8. The Kier molecular flexibility index (Phi) is 4.87. The van der Waals surface area contributed by atoms with Crippen LogP contribution in [-0.2, 0) is 6.42 Å². The van der Waals surface area contributed by atoms with E-state index in [1.54, 1.807) is 7.11 Å². The lowest BCUT2D eigenvalue weighted by molar-refractivity contribution is 0.375. The van der Waals surface area contributed by atoms with Crippen molar-refractivity contribution in [3.05, 3.63) is 28.3 Å². The van der Waals surface area contributed by atoms with Crippen LogP contribution >= 0.6 is 0 Å². The molecule has 1 aliphatic rings. The average molecular weight is 261 g/mol. The summed E-state index contributed by atoms with van der Waals surface area (Å²) in [6.07, 6.45) is 6.38. The molecular formula is C17H27NO. The van der Waals surface area contributed by atoms with Gasteiger partial charge in [-0.15, -0.1) is 0 Å². The number of aryl methyl sites for hydroxylation is 2. The topological polar surface area (TPSA) is 21.3 Å². The zero-order chi connectivity index (χ0) is 13.8. The molecule has 0 aliphatic carbocycles. The van der Waals surface area contributed by atoms with Crippen molar-refractivity contribution in [1.29, 1.82) is 0 Å². The van der Waals surface area contributed by atoms with Gasteiger partial charge in [0.15, 0.2) is 0 Å². The summed E-state index contributed by atoms with van der Waals surface area (Å²) < 4.78 is 5.66.